The fourth-order valence-corrected chi connectivity index (χ4v) is 3.16. The summed E-state index contributed by atoms with van der Waals surface area (Å²) in [6.45, 7) is 5.56. The first kappa shape index (κ1) is 16.5. The minimum absolute atomic E-state index is 0.0469. The van der Waals surface area contributed by atoms with E-state index in [4.69, 9.17) is 0 Å². The summed E-state index contributed by atoms with van der Waals surface area (Å²) < 4.78 is 0. The average Bonchev–Trinajstić information content (AvgIpc) is 2.52. The average molecular weight is 289 g/mol. The van der Waals surface area contributed by atoms with Gasteiger partial charge in [-0.2, -0.15) is 0 Å². The number of aliphatic hydroxyl groups is 1. The smallest absolute Gasteiger partial charge is 0.0540 e. The number of hydrogen-bond acceptors (Lipinski definition) is 2. The Morgan fingerprint density at radius 2 is 1.81 bits per heavy atom. The second-order valence-electron chi connectivity index (χ2n) is 6.65. The van der Waals surface area contributed by atoms with Crippen LogP contribution >= 0.6 is 0 Å². The Bertz CT molecular complexity index is 393. The monoisotopic (exact) mass is 289 g/mol. The van der Waals surface area contributed by atoms with Gasteiger partial charge in [-0.1, -0.05) is 37.6 Å². The molecule has 0 aromatic heterocycles. The van der Waals surface area contributed by atoms with Gasteiger partial charge in [-0.3, -0.25) is 0 Å². The number of nitrogens with one attached hydrogen (secondary N) is 1. The molecule has 0 saturated heterocycles. The molecule has 1 aromatic rings. The van der Waals surface area contributed by atoms with Crippen LogP contribution in [-0.2, 0) is 6.42 Å². The quantitative estimate of drug-likeness (QED) is 0.787. The second kappa shape index (κ2) is 8.55. The van der Waals surface area contributed by atoms with Crippen LogP contribution in [0.1, 0.15) is 69.5 Å². The summed E-state index contributed by atoms with van der Waals surface area (Å²) >= 11 is 0. The van der Waals surface area contributed by atoms with Crippen molar-refractivity contribution < 1.29 is 5.11 Å². The lowest BCUT2D eigenvalue weighted by molar-refractivity contribution is 0.108. The molecule has 0 radical (unpaired) electrons. The zero-order valence-corrected chi connectivity index (χ0v) is 13.6. The molecule has 0 heterocycles. The van der Waals surface area contributed by atoms with Crippen molar-refractivity contribution >= 4 is 0 Å². The van der Waals surface area contributed by atoms with Gasteiger partial charge >= 0.3 is 0 Å². The molecule has 1 aliphatic rings. The van der Waals surface area contributed by atoms with Crippen molar-refractivity contribution in [2.45, 2.75) is 70.9 Å². The van der Waals surface area contributed by atoms with Crippen LogP contribution in [0.4, 0.5) is 0 Å². The predicted octanol–water partition coefficient (Wildman–Crippen LogP) is 4.23. The molecular formula is C19H31NO. The lowest BCUT2D eigenvalue weighted by Gasteiger charge is -2.27. The van der Waals surface area contributed by atoms with Crippen molar-refractivity contribution in [2.24, 2.45) is 5.92 Å². The third-order valence-electron chi connectivity index (χ3n) is 4.83. The maximum atomic E-state index is 9.55. The molecule has 2 rings (SSSR count). The van der Waals surface area contributed by atoms with Crippen molar-refractivity contribution in [1.82, 2.24) is 5.32 Å². The molecule has 1 atom stereocenters. The van der Waals surface area contributed by atoms with Crippen LogP contribution in [0.15, 0.2) is 24.3 Å². The van der Waals surface area contributed by atoms with E-state index < -0.39 is 0 Å². The first-order valence-corrected chi connectivity index (χ1v) is 8.69. The van der Waals surface area contributed by atoms with Gasteiger partial charge in [-0.15, -0.1) is 0 Å². The molecule has 0 amide bonds. The van der Waals surface area contributed by atoms with Crippen LogP contribution in [-0.4, -0.2) is 17.8 Å². The molecule has 2 nitrogen and oxygen atoms in total. The van der Waals surface area contributed by atoms with E-state index in [2.05, 4.69) is 43.4 Å². The van der Waals surface area contributed by atoms with Gasteiger partial charge in [0.15, 0.2) is 0 Å². The Balaban J connectivity index is 1.76. The van der Waals surface area contributed by atoms with Crippen molar-refractivity contribution in [2.75, 3.05) is 6.54 Å². The van der Waals surface area contributed by atoms with E-state index >= 15 is 0 Å². The fourth-order valence-electron chi connectivity index (χ4n) is 3.16. The Hall–Kier alpha value is -0.860. The number of aryl methyl sites for hydroxylation is 1. The molecule has 2 N–H and O–H groups in total. The lowest BCUT2D eigenvalue weighted by atomic mass is 9.87. The summed E-state index contributed by atoms with van der Waals surface area (Å²) in [7, 11) is 0. The van der Waals surface area contributed by atoms with E-state index in [1.807, 2.05) is 0 Å². The Morgan fingerprint density at radius 1 is 1.14 bits per heavy atom. The fraction of sp³-hybridized carbons (Fsp3) is 0.684. The molecular weight excluding hydrogens is 258 g/mol. The van der Waals surface area contributed by atoms with Gasteiger partial charge < -0.3 is 10.4 Å². The predicted molar refractivity (Wildman–Crippen MR) is 89.4 cm³/mol. The standard InChI is InChI=1S/C19H31NO/c1-3-4-5-16-6-10-18(11-7-16)15(2)20-14-17-8-12-19(21)13-9-17/h6-7,10-11,15,17,19-21H,3-5,8-9,12-14H2,1-2H3. The van der Waals surface area contributed by atoms with Crippen LogP contribution in [0.25, 0.3) is 0 Å². The Kier molecular flexibility index (Phi) is 6.72. The molecule has 0 spiro atoms. The maximum Gasteiger partial charge on any atom is 0.0540 e. The van der Waals surface area contributed by atoms with Gasteiger partial charge in [0.25, 0.3) is 0 Å². The minimum Gasteiger partial charge on any atom is -0.393 e. The molecule has 0 aliphatic heterocycles. The van der Waals surface area contributed by atoms with E-state index in [0.717, 1.165) is 38.1 Å². The number of rotatable bonds is 7. The van der Waals surface area contributed by atoms with Crippen molar-refractivity contribution in [3.8, 4) is 0 Å². The van der Waals surface area contributed by atoms with Gasteiger partial charge in [0.05, 0.1) is 6.10 Å². The molecule has 1 saturated carbocycles. The van der Waals surface area contributed by atoms with Crippen molar-refractivity contribution in [3.63, 3.8) is 0 Å². The van der Waals surface area contributed by atoms with E-state index in [9.17, 15) is 5.11 Å². The van der Waals surface area contributed by atoms with Gasteiger partial charge in [0, 0.05) is 6.04 Å². The summed E-state index contributed by atoms with van der Waals surface area (Å²) in [5.74, 6) is 0.736. The Labute approximate surface area is 130 Å². The maximum absolute atomic E-state index is 9.55. The number of aliphatic hydroxyl groups excluding tert-OH is 1. The normalized spacial score (nSPS) is 24.0. The molecule has 1 aliphatic carbocycles. The first-order valence-electron chi connectivity index (χ1n) is 8.69. The van der Waals surface area contributed by atoms with E-state index in [1.165, 1.54) is 30.4 Å². The van der Waals surface area contributed by atoms with Gasteiger partial charge in [0.1, 0.15) is 0 Å². The van der Waals surface area contributed by atoms with E-state index in [0.29, 0.717) is 6.04 Å². The molecule has 1 fully saturated rings. The van der Waals surface area contributed by atoms with Crippen LogP contribution in [0.2, 0.25) is 0 Å². The molecule has 1 unspecified atom stereocenters. The highest BCUT2D eigenvalue weighted by Crippen LogP contribution is 2.24. The summed E-state index contributed by atoms with van der Waals surface area (Å²) in [4.78, 5) is 0. The molecule has 1 aromatic carbocycles. The van der Waals surface area contributed by atoms with Crippen LogP contribution < -0.4 is 5.32 Å². The Morgan fingerprint density at radius 3 is 2.43 bits per heavy atom. The summed E-state index contributed by atoms with van der Waals surface area (Å²) in [6.07, 6.45) is 7.97. The highest BCUT2D eigenvalue weighted by atomic mass is 16.3. The van der Waals surface area contributed by atoms with Gasteiger partial charge in [-0.25, -0.2) is 0 Å². The lowest BCUT2D eigenvalue weighted by Crippen LogP contribution is -2.29. The number of hydrogen-bond donors (Lipinski definition) is 2. The van der Waals surface area contributed by atoms with Crippen molar-refractivity contribution in [1.29, 1.82) is 0 Å². The van der Waals surface area contributed by atoms with Gasteiger partial charge in [-0.05, 0) is 69.0 Å². The minimum atomic E-state index is -0.0469. The largest absolute Gasteiger partial charge is 0.393 e. The second-order valence-corrected chi connectivity index (χ2v) is 6.65. The van der Waals surface area contributed by atoms with Crippen LogP contribution in [0.3, 0.4) is 0 Å². The highest BCUT2D eigenvalue weighted by Gasteiger charge is 2.19. The van der Waals surface area contributed by atoms with E-state index in [-0.39, 0.29) is 6.10 Å². The molecule has 0 bridgehead atoms. The van der Waals surface area contributed by atoms with Crippen LogP contribution in [0, 0.1) is 5.92 Å². The van der Waals surface area contributed by atoms with E-state index in [1.54, 1.807) is 0 Å². The molecule has 2 heteroatoms. The van der Waals surface area contributed by atoms with Crippen molar-refractivity contribution in [3.05, 3.63) is 35.4 Å². The number of benzene rings is 1. The summed E-state index contributed by atoms with van der Waals surface area (Å²) in [6, 6.07) is 9.51. The molecule has 118 valence electrons. The summed E-state index contributed by atoms with van der Waals surface area (Å²) in [5.41, 5.74) is 2.83. The third-order valence-corrected chi connectivity index (χ3v) is 4.83. The molecule has 21 heavy (non-hydrogen) atoms. The SMILES string of the molecule is CCCCc1ccc(C(C)NCC2CCC(O)CC2)cc1. The zero-order chi connectivity index (χ0) is 15.1. The highest BCUT2D eigenvalue weighted by molar-refractivity contribution is 5.24. The number of unbranched alkanes of at least 4 members (excludes halogenated alkanes) is 1. The van der Waals surface area contributed by atoms with Gasteiger partial charge in [0.2, 0.25) is 0 Å². The topological polar surface area (TPSA) is 32.3 Å². The third kappa shape index (κ3) is 5.44. The zero-order valence-electron chi connectivity index (χ0n) is 13.6. The summed E-state index contributed by atoms with van der Waals surface area (Å²) in [5, 5.41) is 13.2. The van der Waals surface area contributed by atoms with Crippen LogP contribution in [0.5, 0.6) is 0 Å². The first-order chi connectivity index (χ1) is 10.2.